The van der Waals surface area contributed by atoms with E-state index >= 15 is 0 Å². The van der Waals surface area contributed by atoms with Gasteiger partial charge in [-0.05, 0) is 49.7 Å². The molecule has 1 aliphatic carbocycles. The molecule has 4 rings (SSSR count). The number of rotatable bonds is 6. The minimum absolute atomic E-state index is 0.0467. The highest BCUT2D eigenvalue weighted by Crippen LogP contribution is 2.42. The highest BCUT2D eigenvalue weighted by atomic mass is 16.2. The van der Waals surface area contributed by atoms with Gasteiger partial charge in [0.15, 0.2) is 0 Å². The summed E-state index contributed by atoms with van der Waals surface area (Å²) in [5.41, 5.74) is 2.46. The van der Waals surface area contributed by atoms with Gasteiger partial charge in [0.2, 0.25) is 11.8 Å². The van der Waals surface area contributed by atoms with Gasteiger partial charge in [-0.2, -0.15) is 0 Å². The number of hydrogen-bond donors (Lipinski definition) is 1. The van der Waals surface area contributed by atoms with Crippen LogP contribution < -0.4 is 5.32 Å². The summed E-state index contributed by atoms with van der Waals surface area (Å²) in [6.45, 7) is 5.89. The van der Waals surface area contributed by atoms with Gasteiger partial charge in [0, 0.05) is 43.5 Å². The SMILES string of the molecule is CCNC(=O)[C@]1(Cc2ccccc2-c2cncnc2)CCCN(C(=O)[C@@H]2C[C@H]2C)C1. The number of piperidine rings is 1. The molecule has 1 aromatic carbocycles. The molecule has 1 saturated carbocycles. The Bertz CT molecular complexity index is 916. The molecular weight excluding hydrogens is 376 g/mol. The number of likely N-dealkylation sites (tertiary alicyclic amines) is 1. The monoisotopic (exact) mass is 406 g/mol. The van der Waals surface area contributed by atoms with Crippen molar-refractivity contribution in [2.45, 2.75) is 39.5 Å². The Hall–Kier alpha value is -2.76. The lowest BCUT2D eigenvalue weighted by Gasteiger charge is -2.42. The van der Waals surface area contributed by atoms with Gasteiger partial charge in [-0.15, -0.1) is 0 Å². The first-order valence-electron chi connectivity index (χ1n) is 10.9. The van der Waals surface area contributed by atoms with Gasteiger partial charge in [0.1, 0.15) is 6.33 Å². The molecule has 0 unspecified atom stereocenters. The molecule has 2 aromatic rings. The summed E-state index contributed by atoms with van der Waals surface area (Å²) < 4.78 is 0. The summed E-state index contributed by atoms with van der Waals surface area (Å²) >= 11 is 0. The van der Waals surface area contributed by atoms with E-state index in [4.69, 9.17) is 0 Å². The van der Waals surface area contributed by atoms with Crippen molar-refractivity contribution in [1.29, 1.82) is 0 Å². The Kier molecular flexibility index (Phi) is 5.84. The second kappa shape index (κ2) is 8.54. The van der Waals surface area contributed by atoms with Crippen molar-refractivity contribution in [3.05, 3.63) is 48.5 Å². The van der Waals surface area contributed by atoms with Crippen LogP contribution in [-0.2, 0) is 16.0 Å². The molecule has 2 aliphatic rings. The van der Waals surface area contributed by atoms with Crippen molar-refractivity contribution in [1.82, 2.24) is 20.2 Å². The maximum atomic E-state index is 13.3. The summed E-state index contributed by atoms with van der Waals surface area (Å²) in [4.78, 5) is 36.5. The lowest BCUT2D eigenvalue weighted by atomic mass is 9.73. The summed E-state index contributed by atoms with van der Waals surface area (Å²) in [7, 11) is 0. The Balaban J connectivity index is 1.65. The topological polar surface area (TPSA) is 75.2 Å². The Morgan fingerprint density at radius 3 is 2.67 bits per heavy atom. The smallest absolute Gasteiger partial charge is 0.228 e. The standard InChI is InChI=1S/C24H30N4O2/c1-3-27-23(30)24(9-6-10-28(15-24)22(29)21-11-17(21)2)12-18-7-4-5-8-20(18)19-13-25-16-26-14-19/h4-5,7-8,13-14,16-17,21H,3,6,9-12,15H2,1-2H3,(H,27,30)/t17-,21-,24+/m1/s1. The van der Waals surface area contributed by atoms with Crippen LogP contribution in [0.3, 0.4) is 0 Å². The van der Waals surface area contributed by atoms with E-state index in [1.165, 1.54) is 6.33 Å². The van der Waals surface area contributed by atoms with E-state index in [2.05, 4.69) is 34.3 Å². The van der Waals surface area contributed by atoms with Crippen molar-refractivity contribution >= 4 is 11.8 Å². The average Bonchev–Trinajstić information content (AvgIpc) is 3.51. The van der Waals surface area contributed by atoms with Crippen LogP contribution >= 0.6 is 0 Å². The quantitative estimate of drug-likeness (QED) is 0.800. The number of carbonyl (C=O) groups is 2. The molecule has 1 saturated heterocycles. The maximum Gasteiger partial charge on any atom is 0.228 e. The van der Waals surface area contributed by atoms with Gasteiger partial charge < -0.3 is 10.2 Å². The van der Waals surface area contributed by atoms with Crippen LogP contribution in [0, 0.1) is 17.3 Å². The normalized spacial score (nSPS) is 25.6. The molecule has 2 amide bonds. The minimum Gasteiger partial charge on any atom is -0.356 e. The molecule has 30 heavy (non-hydrogen) atoms. The lowest BCUT2D eigenvalue weighted by molar-refractivity contribution is -0.142. The molecule has 3 atom stereocenters. The first kappa shape index (κ1) is 20.5. The van der Waals surface area contributed by atoms with E-state index in [-0.39, 0.29) is 17.7 Å². The van der Waals surface area contributed by atoms with Crippen LogP contribution in [0.2, 0.25) is 0 Å². The van der Waals surface area contributed by atoms with Gasteiger partial charge >= 0.3 is 0 Å². The van der Waals surface area contributed by atoms with Crippen molar-refractivity contribution < 1.29 is 9.59 Å². The number of nitrogens with zero attached hydrogens (tertiary/aromatic N) is 3. The highest BCUT2D eigenvalue weighted by molar-refractivity contribution is 5.86. The van der Waals surface area contributed by atoms with Crippen molar-refractivity contribution in [3.63, 3.8) is 0 Å². The van der Waals surface area contributed by atoms with Crippen LogP contribution in [0.15, 0.2) is 43.0 Å². The minimum atomic E-state index is -0.617. The first-order chi connectivity index (χ1) is 14.5. The van der Waals surface area contributed by atoms with Crippen LogP contribution in [0.25, 0.3) is 11.1 Å². The van der Waals surface area contributed by atoms with E-state index in [1.54, 1.807) is 12.4 Å². The third-order valence-electron chi connectivity index (χ3n) is 6.55. The highest BCUT2D eigenvalue weighted by Gasteiger charge is 2.47. The van der Waals surface area contributed by atoms with Gasteiger partial charge in [-0.3, -0.25) is 9.59 Å². The zero-order valence-corrected chi connectivity index (χ0v) is 17.8. The number of amides is 2. The largest absolute Gasteiger partial charge is 0.356 e. The van der Waals surface area contributed by atoms with E-state index in [9.17, 15) is 9.59 Å². The van der Waals surface area contributed by atoms with Gasteiger partial charge in [-0.25, -0.2) is 9.97 Å². The maximum absolute atomic E-state index is 13.3. The summed E-state index contributed by atoms with van der Waals surface area (Å²) in [5.74, 6) is 0.881. The Morgan fingerprint density at radius 2 is 1.97 bits per heavy atom. The van der Waals surface area contributed by atoms with Gasteiger partial charge in [0.25, 0.3) is 0 Å². The molecule has 6 heteroatoms. The van der Waals surface area contributed by atoms with Crippen molar-refractivity contribution in [2.24, 2.45) is 17.3 Å². The predicted molar refractivity (Wildman–Crippen MR) is 115 cm³/mol. The second-order valence-corrected chi connectivity index (χ2v) is 8.78. The van der Waals surface area contributed by atoms with E-state index in [1.807, 2.05) is 24.0 Å². The second-order valence-electron chi connectivity index (χ2n) is 8.78. The summed E-state index contributed by atoms with van der Waals surface area (Å²) in [6, 6.07) is 8.13. The number of aromatic nitrogens is 2. The molecular formula is C24H30N4O2. The van der Waals surface area contributed by atoms with Gasteiger partial charge in [0.05, 0.1) is 5.41 Å². The summed E-state index contributed by atoms with van der Waals surface area (Å²) in [5, 5.41) is 3.05. The fourth-order valence-electron chi connectivity index (χ4n) is 4.74. The zero-order chi connectivity index (χ0) is 21.1. The van der Waals surface area contributed by atoms with E-state index < -0.39 is 5.41 Å². The molecule has 1 aliphatic heterocycles. The van der Waals surface area contributed by atoms with E-state index in [0.717, 1.165) is 42.5 Å². The number of hydrogen-bond acceptors (Lipinski definition) is 4. The van der Waals surface area contributed by atoms with Crippen LogP contribution in [-0.4, -0.2) is 46.3 Å². The molecule has 0 spiro atoms. The molecule has 158 valence electrons. The molecule has 6 nitrogen and oxygen atoms in total. The van der Waals surface area contributed by atoms with Crippen molar-refractivity contribution in [2.75, 3.05) is 19.6 Å². The molecule has 2 fully saturated rings. The van der Waals surface area contributed by atoms with Gasteiger partial charge in [-0.1, -0.05) is 31.2 Å². The van der Waals surface area contributed by atoms with Crippen LogP contribution in [0.4, 0.5) is 0 Å². The van der Waals surface area contributed by atoms with E-state index in [0.29, 0.717) is 25.4 Å². The number of nitrogens with one attached hydrogen (secondary N) is 1. The predicted octanol–water partition coefficient (Wildman–Crippen LogP) is 3.09. The fourth-order valence-corrected chi connectivity index (χ4v) is 4.74. The molecule has 1 N–H and O–H groups in total. The zero-order valence-electron chi connectivity index (χ0n) is 17.8. The fraction of sp³-hybridized carbons (Fsp3) is 0.500. The summed E-state index contributed by atoms with van der Waals surface area (Å²) in [6.07, 6.45) is 8.31. The van der Waals surface area contributed by atoms with Crippen LogP contribution in [0.5, 0.6) is 0 Å². The van der Waals surface area contributed by atoms with Crippen LogP contribution in [0.1, 0.15) is 38.7 Å². The molecule has 1 aromatic heterocycles. The third-order valence-corrected chi connectivity index (χ3v) is 6.55. The molecule has 0 bridgehead atoms. The first-order valence-corrected chi connectivity index (χ1v) is 10.9. The third kappa shape index (κ3) is 4.09. The van der Waals surface area contributed by atoms with Crippen molar-refractivity contribution in [3.8, 4) is 11.1 Å². The molecule has 2 heterocycles. The lowest BCUT2D eigenvalue weighted by Crippen LogP contribution is -2.54. The Morgan fingerprint density at radius 1 is 1.23 bits per heavy atom. The average molecular weight is 407 g/mol. The Labute approximate surface area is 178 Å². The number of carbonyl (C=O) groups excluding carboxylic acids is 2. The number of benzene rings is 1. The molecule has 0 radical (unpaired) electrons.